The second-order valence-corrected chi connectivity index (χ2v) is 22.9. The summed E-state index contributed by atoms with van der Waals surface area (Å²) in [4.78, 5) is 45.1. The number of hydroxylamine groups is 2. The Morgan fingerprint density at radius 1 is 0.671 bits per heavy atom. The number of nitrogens with zero attached hydrogens (tertiary/aromatic N) is 15. The SMILES string of the molecule is CNO.CNO.Cc1noc(-c2c3c(nn2C)[C@@]2(C)Cc4cnoc4[C@@H](C)[C@@H]2CC3)n1.[3H]C.[C-]#[N+]C1=C[C@]2(C)c3nn(C)c(-c4nc(C)no4)c3CC[C@H]2[C@H](C)C1=O.[C-]#[N+]C1C[C@]2(C)c3nn(C)c(-c4nc(C)no4)c3CC[C@H]2[C@H](C)C1=O. The van der Waals surface area contributed by atoms with E-state index in [4.69, 9.17) is 58.3 Å². The predicted octanol–water partition coefficient (Wildman–Crippen LogP) is 7.89. The van der Waals surface area contributed by atoms with Crippen LogP contribution in [0.5, 0.6) is 0 Å². The highest BCUT2D eigenvalue weighted by Crippen LogP contribution is 2.56. The van der Waals surface area contributed by atoms with Crippen LogP contribution in [0.3, 0.4) is 0 Å². The number of carbonyl (C=O) groups is 2. The third-order valence-corrected chi connectivity index (χ3v) is 18.0. The fraction of sp³-hybridized carbons (Fsp3) is 0.579. The van der Waals surface area contributed by atoms with Gasteiger partial charge >= 0.3 is 0 Å². The van der Waals surface area contributed by atoms with E-state index in [0.717, 1.165) is 96.0 Å². The molecule has 0 aromatic carbocycles. The Balaban J connectivity index is 0.000000153. The molecule has 6 aliphatic rings. The van der Waals surface area contributed by atoms with Crippen LogP contribution in [0.4, 0.5) is 0 Å². The third-order valence-electron chi connectivity index (χ3n) is 18.0. The minimum Gasteiger partial charge on any atom is -0.361 e. The zero-order valence-corrected chi connectivity index (χ0v) is 49.4. The largest absolute Gasteiger partial charge is 0.361 e. The summed E-state index contributed by atoms with van der Waals surface area (Å²) in [6.07, 6.45) is 10.6. The maximum atomic E-state index is 12.5. The number of rotatable bonds is 3. The lowest BCUT2D eigenvalue weighted by atomic mass is 9.55. The zero-order valence-electron chi connectivity index (χ0n) is 50.4. The molecule has 1 saturated carbocycles. The van der Waals surface area contributed by atoms with Crippen molar-refractivity contribution in [2.45, 2.75) is 149 Å². The molecule has 25 nitrogen and oxygen atoms in total. The van der Waals surface area contributed by atoms with Crippen molar-refractivity contribution >= 4 is 11.6 Å². The van der Waals surface area contributed by atoms with E-state index in [-0.39, 0.29) is 51.8 Å². The van der Waals surface area contributed by atoms with E-state index in [1.54, 1.807) is 34.2 Å². The molecule has 1 unspecified atom stereocenters. The van der Waals surface area contributed by atoms with E-state index in [9.17, 15) is 9.59 Å². The number of allylic oxidation sites excluding steroid dienone is 2. The van der Waals surface area contributed by atoms with Gasteiger partial charge in [0.1, 0.15) is 22.8 Å². The van der Waals surface area contributed by atoms with E-state index in [1.165, 1.54) is 32.6 Å². The van der Waals surface area contributed by atoms with Gasteiger partial charge in [0.25, 0.3) is 23.7 Å². The van der Waals surface area contributed by atoms with Crippen molar-refractivity contribution in [2.24, 2.45) is 50.7 Å². The average molecular weight is 1130 g/mol. The Morgan fingerprint density at radius 3 is 1.54 bits per heavy atom. The van der Waals surface area contributed by atoms with Gasteiger partial charge in [-0.15, -0.1) is 0 Å². The van der Waals surface area contributed by atoms with Crippen LogP contribution in [-0.4, -0.2) is 107 Å². The maximum absolute atomic E-state index is 12.5. The molecule has 4 N–H and O–H groups in total. The molecule has 1 fully saturated rings. The summed E-state index contributed by atoms with van der Waals surface area (Å²) in [5.41, 5.74) is 13.3. The van der Waals surface area contributed by atoms with Crippen molar-refractivity contribution < 1.29 is 39.5 Å². The summed E-state index contributed by atoms with van der Waals surface area (Å²) in [6.45, 7) is 32.9. The fourth-order valence-corrected chi connectivity index (χ4v) is 14.4. The van der Waals surface area contributed by atoms with Gasteiger partial charge < -0.3 is 38.1 Å². The van der Waals surface area contributed by atoms with Gasteiger partial charge in [-0.05, 0) is 83.5 Å². The Morgan fingerprint density at radius 2 is 1.10 bits per heavy atom. The van der Waals surface area contributed by atoms with Gasteiger partial charge in [0.05, 0.1) is 29.9 Å². The Hall–Kier alpha value is -7.84. The van der Waals surface area contributed by atoms with E-state index < -0.39 is 11.5 Å². The molecule has 6 aliphatic carbocycles. The lowest BCUT2D eigenvalue weighted by Gasteiger charge is -2.46. The number of carbonyl (C=O) groups excluding carboxylic acids is 2. The highest BCUT2D eigenvalue weighted by Gasteiger charge is 2.57. The molecule has 0 bridgehead atoms. The van der Waals surface area contributed by atoms with Crippen LogP contribution in [0.15, 0.2) is 36.1 Å². The van der Waals surface area contributed by atoms with Gasteiger partial charge in [-0.1, -0.05) is 75.6 Å². The summed E-state index contributed by atoms with van der Waals surface area (Å²) < 4.78 is 33.0. The molecule has 7 aromatic rings. The molecule has 0 saturated heterocycles. The van der Waals surface area contributed by atoms with Crippen molar-refractivity contribution in [1.82, 2.24) is 75.9 Å². The zero-order chi connectivity index (χ0) is 60.6. The van der Waals surface area contributed by atoms with Crippen LogP contribution < -0.4 is 11.0 Å². The second-order valence-electron chi connectivity index (χ2n) is 22.9. The Kier molecular flexibility index (Phi) is 16.6. The Bertz CT molecular complexity index is 3620. The monoisotopic (exact) mass is 1130 g/mol. The van der Waals surface area contributed by atoms with Crippen LogP contribution in [0.25, 0.3) is 44.4 Å². The lowest BCUT2D eigenvalue weighted by Crippen LogP contribution is -2.51. The molecular weight excluding hydrogens is 1050 g/mol. The minimum absolute atomic E-state index is 0.0311. The smallest absolute Gasteiger partial charge is 0.282 e. The molecule has 7 aromatic heterocycles. The fourth-order valence-electron chi connectivity index (χ4n) is 14.4. The van der Waals surface area contributed by atoms with E-state index in [1.807, 2.05) is 58.9 Å². The molecule has 0 spiro atoms. The number of nitrogens with one attached hydrogen (secondary N) is 2. The quantitative estimate of drug-likeness (QED) is 0.0965. The lowest BCUT2D eigenvalue weighted by molar-refractivity contribution is -0.129. The number of aromatic nitrogens is 13. The summed E-state index contributed by atoms with van der Waals surface area (Å²) >= 11 is 0. The average Bonchev–Trinajstić information content (AvgIpc) is 2.61. The van der Waals surface area contributed by atoms with Gasteiger partial charge in [-0.3, -0.25) is 18.8 Å². The first-order chi connectivity index (χ1) is 39.5. The number of Topliss-reactive ketones (excluding diaryl/α,β-unsaturated/α-hetero) is 2. The van der Waals surface area contributed by atoms with Crippen LogP contribution in [-0.2, 0) is 72.7 Å². The van der Waals surface area contributed by atoms with Gasteiger partial charge in [0.15, 0.2) is 23.3 Å². The summed E-state index contributed by atoms with van der Waals surface area (Å²) in [6, 6.07) is -0.571. The van der Waals surface area contributed by atoms with Gasteiger partial charge in [-0.25, -0.2) is 22.4 Å². The molecule has 13 rings (SSSR count). The number of aryl methyl sites for hydroxylation is 6. The summed E-state index contributed by atoms with van der Waals surface area (Å²) in [7, 11) is 9.82. The number of hydrogen-bond donors (Lipinski definition) is 4. The number of fused-ring (bicyclic) bond motifs is 10. The van der Waals surface area contributed by atoms with Crippen LogP contribution >= 0.6 is 0 Å². The molecule has 82 heavy (non-hydrogen) atoms. The van der Waals surface area contributed by atoms with Crippen molar-refractivity contribution in [1.29, 1.82) is 0 Å². The Labute approximate surface area is 477 Å². The van der Waals surface area contributed by atoms with E-state index in [2.05, 4.69) is 73.0 Å². The highest BCUT2D eigenvalue weighted by atomic mass is 16.5. The van der Waals surface area contributed by atoms with Crippen LogP contribution in [0.2, 0.25) is 0 Å². The highest BCUT2D eigenvalue weighted by molar-refractivity contribution is 6.00. The van der Waals surface area contributed by atoms with Crippen LogP contribution in [0, 0.1) is 63.5 Å². The molecule has 0 radical (unpaired) electrons. The number of ketones is 2. The molecule has 0 aliphatic heterocycles. The van der Waals surface area contributed by atoms with E-state index in [0.29, 0.717) is 53.4 Å². The molecule has 7 heterocycles. The topological polar surface area (TPSA) is 304 Å². The van der Waals surface area contributed by atoms with E-state index >= 15 is 0 Å². The first-order valence-corrected chi connectivity index (χ1v) is 27.3. The first-order valence-electron chi connectivity index (χ1n) is 28.3. The number of hydrogen-bond acceptors (Lipinski definition) is 20. The first kappa shape index (κ1) is 58.8. The molecule has 25 heteroatoms. The van der Waals surface area contributed by atoms with Crippen LogP contribution in [0.1, 0.15) is 144 Å². The van der Waals surface area contributed by atoms with Crippen molar-refractivity contribution in [3.05, 3.63) is 103 Å². The van der Waals surface area contributed by atoms with Gasteiger partial charge in [-0.2, -0.15) is 30.2 Å². The molecule has 10 atom stereocenters. The van der Waals surface area contributed by atoms with Gasteiger partial charge in [0, 0.05) is 99.3 Å². The normalized spacial score (nSPS) is 27.1. The summed E-state index contributed by atoms with van der Waals surface area (Å²) in [5, 5.41) is 44.9. The van der Waals surface area contributed by atoms with Crippen molar-refractivity contribution in [2.75, 3.05) is 14.1 Å². The van der Waals surface area contributed by atoms with Gasteiger partial charge in [0.2, 0.25) is 11.5 Å². The minimum atomic E-state index is -0.571. The summed E-state index contributed by atoms with van der Waals surface area (Å²) in [5.74, 6) is 5.33. The second kappa shape index (κ2) is 23.2. The van der Waals surface area contributed by atoms with Crippen molar-refractivity contribution in [3.8, 4) is 34.8 Å². The standard InChI is InChI=1S/2C18H21N5O2.C18H19N5O2.2CH5NO.CH4/c1-9-13-6-5-12-14(17-20-10(2)22-25-17)23(4)21-16(12)18(13,3)7-11-8-19-24-15(9)11;2*1-9-12-7-6-11-14(17-20-10(2)22-25-17)23(5)21-16(11)18(12,3)8-13(19-4)15(9)24;2*1-2-3;/h8-9,13H,5-7H2,1-4H3;9,12-13H,6-8H2,1-3,5H3;8-9,12H,6-7H2,1-3,5H3;2*2-3H,1H3;1H4/t9-,13-,18-;9-,12-,13?,18-;9-,12-,18-;;;/m000.../s1/i;;;;;1T. The van der Waals surface area contributed by atoms with Crippen molar-refractivity contribution in [3.63, 3.8) is 0 Å². The molecule has 436 valence electrons. The maximum Gasteiger partial charge on any atom is 0.282 e. The predicted molar refractivity (Wildman–Crippen MR) is 296 cm³/mol. The molecular formula is C57H75N17O8. The molecule has 0 amide bonds. The third kappa shape index (κ3) is 10.00.